The average Bonchev–Trinajstić information content (AvgIpc) is 2.37. The van der Waals surface area contributed by atoms with E-state index in [4.69, 9.17) is 10.5 Å². The highest BCUT2D eigenvalue weighted by molar-refractivity contribution is 5.75. The van der Waals surface area contributed by atoms with Crippen LogP contribution in [0.4, 0.5) is 5.69 Å². The SMILES string of the molecule is CN(C)CCOCCNC(=O)Cn1cc(N)ccc1=O. The van der Waals surface area contributed by atoms with Gasteiger partial charge in [-0.2, -0.15) is 0 Å². The molecule has 7 heteroatoms. The number of hydrogen-bond acceptors (Lipinski definition) is 5. The normalized spacial score (nSPS) is 10.8. The molecule has 7 nitrogen and oxygen atoms in total. The van der Waals surface area contributed by atoms with Crippen molar-refractivity contribution in [3.05, 3.63) is 28.7 Å². The zero-order chi connectivity index (χ0) is 15.0. The maximum atomic E-state index is 11.6. The molecular formula is C13H22N4O3. The van der Waals surface area contributed by atoms with E-state index in [-0.39, 0.29) is 18.0 Å². The molecule has 0 radical (unpaired) electrons. The van der Waals surface area contributed by atoms with Crippen molar-refractivity contribution in [3.8, 4) is 0 Å². The predicted molar refractivity (Wildman–Crippen MR) is 77.5 cm³/mol. The lowest BCUT2D eigenvalue weighted by molar-refractivity contribution is -0.121. The fraction of sp³-hybridized carbons (Fsp3) is 0.538. The molecule has 3 N–H and O–H groups in total. The lowest BCUT2D eigenvalue weighted by Gasteiger charge is -2.10. The fourth-order valence-corrected chi connectivity index (χ4v) is 1.50. The number of hydrogen-bond donors (Lipinski definition) is 2. The second kappa shape index (κ2) is 8.34. The summed E-state index contributed by atoms with van der Waals surface area (Å²) in [6.45, 7) is 2.29. The number of aromatic nitrogens is 1. The summed E-state index contributed by atoms with van der Waals surface area (Å²) in [6, 6.07) is 2.85. The monoisotopic (exact) mass is 282 g/mol. The summed E-state index contributed by atoms with van der Waals surface area (Å²) in [5.41, 5.74) is 5.76. The largest absolute Gasteiger partial charge is 0.398 e. The van der Waals surface area contributed by atoms with Crippen LogP contribution in [0.3, 0.4) is 0 Å². The standard InChI is InChI=1S/C13H22N4O3/c1-16(2)6-8-20-7-5-15-12(18)10-17-9-11(14)3-4-13(17)19/h3-4,9H,5-8,10,14H2,1-2H3,(H,15,18). The molecular weight excluding hydrogens is 260 g/mol. The van der Waals surface area contributed by atoms with Gasteiger partial charge in [-0.1, -0.05) is 0 Å². The van der Waals surface area contributed by atoms with Crippen LogP contribution in [0.1, 0.15) is 0 Å². The van der Waals surface area contributed by atoms with E-state index < -0.39 is 0 Å². The van der Waals surface area contributed by atoms with Crippen LogP contribution in [-0.4, -0.2) is 55.8 Å². The van der Waals surface area contributed by atoms with Gasteiger partial charge < -0.3 is 25.3 Å². The summed E-state index contributed by atoms with van der Waals surface area (Å²) < 4.78 is 6.62. The molecule has 0 bridgehead atoms. The second-order valence-corrected chi connectivity index (χ2v) is 4.69. The number of likely N-dealkylation sites (N-methyl/N-ethyl adjacent to an activating group) is 1. The van der Waals surface area contributed by atoms with E-state index in [0.29, 0.717) is 25.4 Å². The summed E-state index contributed by atoms with van der Waals surface area (Å²) in [6.07, 6.45) is 1.45. The molecule has 1 aromatic heterocycles. The van der Waals surface area contributed by atoms with Gasteiger partial charge in [-0.3, -0.25) is 9.59 Å². The number of ether oxygens (including phenoxy) is 1. The van der Waals surface area contributed by atoms with E-state index in [9.17, 15) is 9.59 Å². The van der Waals surface area contributed by atoms with Crippen LogP contribution in [0.2, 0.25) is 0 Å². The molecule has 0 atom stereocenters. The van der Waals surface area contributed by atoms with Crippen molar-refractivity contribution < 1.29 is 9.53 Å². The first-order valence-electron chi connectivity index (χ1n) is 6.44. The van der Waals surface area contributed by atoms with E-state index in [2.05, 4.69) is 5.32 Å². The van der Waals surface area contributed by atoms with Gasteiger partial charge in [0.25, 0.3) is 5.56 Å². The Morgan fingerprint density at radius 1 is 1.40 bits per heavy atom. The Labute approximate surface area is 118 Å². The van der Waals surface area contributed by atoms with E-state index in [1.807, 2.05) is 19.0 Å². The van der Waals surface area contributed by atoms with Gasteiger partial charge in [0.2, 0.25) is 5.91 Å². The third-order valence-electron chi connectivity index (χ3n) is 2.57. The van der Waals surface area contributed by atoms with Gasteiger partial charge in [0.15, 0.2) is 0 Å². The van der Waals surface area contributed by atoms with Gasteiger partial charge in [-0.25, -0.2) is 0 Å². The number of rotatable bonds is 8. The highest BCUT2D eigenvalue weighted by Gasteiger charge is 2.04. The Morgan fingerprint density at radius 2 is 2.15 bits per heavy atom. The van der Waals surface area contributed by atoms with Crippen LogP contribution in [-0.2, 0) is 16.1 Å². The van der Waals surface area contributed by atoms with Gasteiger partial charge in [0.1, 0.15) is 6.54 Å². The second-order valence-electron chi connectivity index (χ2n) is 4.69. The van der Waals surface area contributed by atoms with Crippen molar-refractivity contribution in [2.75, 3.05) is 46.1 Å². The minimum Gasteiger partial charge on any atom is -0.398 e. The number of nitrogens with zero attached hydrogens (tertiary/aromatic N) is 2. The van der Waals surface area contributed by atoms with Crippen molar-refractivity contribution in [2.45, 2.75) is 6.54 Å². The number of carbonyl (C=O) groups excluding carboxylic acids is 1. The summed E-state index contributed by atoms with van der Waals surface area (Å²) in [5.74, 6) is -0.242. The summed E-state index contributed by atoms with van der Waals surface area (Å²) >= 11 is 0. The molecule has 1 rings (SSSR count). The molecule has 0 saturated carbocycles. The topological polar surface area (TPSA) is 89.6 Å². The van der Waals surface area contributed by atoms with Crippen LogP contribution in [0.15, 0.2) is 23.1 Å². The predicted octanol–water partition coefficient (Wildman–Crippen LogP) is -0.875. The number of amides is 1. The quantitative estimate of drug-likeness (QED) is 0.605. The fourth-order valence-electron chi connectivity index (χ4n) is 1.50. The molecule has 0 aliphatic heterocycles. The van der Waals surface area contributed by atoms with Crippen LogP contribution < -0.4 is 16.6 Å². The smallest absolute Gasteiger partial charge is 0.251 e. The first-order valence-corrected chi connectivity index (χ1v) is 6.44. The number of carbonyl (C=O) groups is 1. The van der Waals surface area contributed by atoms with E-state index in [1.165, 1.54) is 22.9 Å². The first kappa shape index (κ1) is 16.2. The highest BCUT2D eigenvalue weighted by atomic mass is 16.5. The molecule has 0 spiro atoms. The Bertz CT molecular complexity index is 485. The van der Waals surface area contributed by atoms with Crippen LogP contribution in [0, 0.1) is 0 Å². The van der Waals surface area contributed by atoms with E-state index in [0.717, 1.165) is 6.54 Å². The van der Waals surface area contributed by atoms with Gasteiger partial charge in [-0.05, 0) is 20.2 Å². The zero-order valence-electron chi connectivity index (χ0n) is 12.0. The van der Waals surface area contributed by atoms with Crippen molar-refractivity contribution in [2.24, 2.45) is 0 Å². The van der Waals surface area contributed by atoms with Crippen LogP contribution >= 0.6 is 0 Å². The first-order chi connectivity index (χ1) is 9.49. The molecule has 0 aliphatic rings. The highest BCUT2D eigenvalue weighted by Crippen LogP contribution is 1.95. The number of nitrogen functional groups attached to an aromatic ring is 1. The van der Waals surface area contributed by atoms with Crippen molar-refractivity contribution in [1.29, 1.82) is 0 Å². The molecule has 1 amide bonds. The number of pyridine rings is 1. The average molecular weight is 282 g/mol. The van der Waals surface area contributed by atoms with Gasteiger partial charge >= 0.3 is 0 Å². The molecule has 1 heterocycles. The molecule has 0 aromatic carbocycles. The van der Waals surface area contributed by atoms with Crippen molar-refractivity contribution in [1.82, 2.24) is 14.8 Å². The molecule has 112 valence electrons. The minimum absolute atomic E-state index is 0.0401. The molecule has 1 aromatic rings. The molecule has 20 heavy (non-hydrogen) atoms. The van der Waals surface area contributed by atoms with Gasteiger partial charge in [-0.15, -0.1) is 0 Å². The van der Waals surface area contributed by atoms with E-state index in [1.54, 1.807) is 0 Å². The number of nitrogens with one attached hydrogen (secondary N) is 1. The number of nitrogens with two attached hydrogens (primary N) is 1. The Morgan fingerprint density at radius 3 is 2.85 bits per heavy atom. The molecule has 0 aliphatic carbocycles. The summed E-state index contributed by atoms with van der Waals surface area (Å²) in [4.78, 5) is 25.1. The van der Waals surface area contributed by atoms with Crippen LogP contribution in [0.25, 0.3) is 0 Å². The van der Waals surface area contributed by atoms with E-state index >= 15 is 0 Å². The van der Waals surface area contributed by atoms with Gasteiger partial charge in [0, 0.05) is 31.0 Å². The Hall–Kier alpha value is -1.86. The lowest BCUT2D eigenvalue weighted by Crippen LogP contribution is -2.34. The lowest BCUT2D eigenvalue weighted by atomic mass is 10.4. The summed E-state index contributed by atoms with van der Waals surface area (Å²) in [7, 11) is 3.93. The van der Waals surface area contributed by atoms with Crippen LogP contribution in [0.5, 0.6) is 0 Å². The zero-order valence-corrected chi connectivity index (χ0v) is 12.0. The summed E-state index contributed by atoms with van der Waals surface area (Å²) in [5, 5.41) is 2.69. The Kier molecular flexibility index (Phi) is 6.75. The third-order valence-corrected chi connectivity index (χ3v) is 2.57. The number of anilines is 1. The molecule has 0 saturated heterocycles. The minimum atomic E-state index is -0.253. The molecule has 0 unspecified atom stereocenters. The van der Waals surface area contributed by atoms with Crippen molar-refractivity contribution >= 4 is 11.6 Å². The third kappa shape index (κ3) is 6.35. The molecule has 0 fully saturated rings. The Balaban J connectivity index is 2.23. The van der Waals surface area contributed by atoms with Gasteiger partial charge in [0.05, 0.1) is 13.2 Å². The maximum absolute atomic E-state index is 11.6. The van der Waals surface area contributed by atoms with Crippen molar-refractivity contribution in [3.63, 3.8) is 0 Å². The maximum Gasteiger partial charge on any atom is 0.251 e.